The van der Waals surface area contributed by atoms with Crippen LogP contribution in [-0.2, 0) is 4.79 Å². The van der Waals surface area contributed by atoms with Crippen molar-refractivity contribution in [2.75, 3.05) is 17.6 Å². The number of anilines is 1. The van der Waals surface area contributed by atoms with Gasteiger partial charge >= 0.3 is 0 Å². The van der Waals surface area contributed by atoms with Crippen molar-refractivity contribution in [2.45, 2.75) is 17.2 Å². The molecule has 1 aliphatic heterocycles. The molecule has 3 N–H and O–H groups in total. The SMILES string of the molecule is O=C1CCSc2ccc(C(=O)NC[C@H](c3ccccc3)c3c[nH]c4ccccc34)cc2N1. The number of fused-ring (bicyclic) bond motifs is 2. The van der Waals surface area contributed by atoms with Crippen molar-refractivity contribution in [2.24, 2.45) is 0 Å². The maximum absolute atomic E-state index is 13.0. The second-order valence-corrected chi connectivity index (χ2v) is 8.96. The van der Waals surface area contributed by atoms with Crippen LogP contribution in [0, 0.1) is 0 Å². The molecular weight excluding hydrogens is 418 g/mol. The number of hydrogen-bond donors (Lipinski definition) is 3. The highest BCUT2D eigenvalue weighted by Gasteiger charge is 2.20. The first kappa shape index (κ1) is 20.4. The van der Waals surface area contributed by atoms with Gasteiger partial charge in [-0.25, -0.2) is 0 Å². The van der Waals surface area contributed by atoms with E-state index in [9.17, 15) is 9.59 Å². The first-order chi connectivity index (χ1) is 15.7. The second-order valence-electron chi connectivity index (χ2n) is 7.82. The number of rotatable bonds is 5. The normalized spacial score (nSPS) is 14.3. The van der Waals surface area contributed by atoms with Crippen LogP contribution >= 0.6 is 11.8 Å². The number of carbonyl (C=O) groups excluding carboxylic acids is 2. The minimum Gasteiger partial charge on any atom is -0.361 e. The van der Waals surface area contributed by atoms with Crippen LogP contribution in [0.1, 0.15) is 33.8 Å². The Balaban J connectivity index is 1.40. The average molecular weight is 442 g/mol. The van der Waals surface area contributed by atoms with Crippen molar-refractivity contribution in [3.63, 3.8) is 0 Å². The Morgan fingerprint density at radius 1 is 1.03 bits per heavy atom. The molecule has 2 heterocycles. The molecule has 1 aliphatic rings. The van der Waals surface area contributed by atoms with Crippen LogP contribution in [0.2, 0.25) is 0 Å². The molecule has 1 aromatic heterocycles. The molecule has 0 aliphatic carbocycles. The Morgan fingerprint density at radius 3 is 2.72 bits per heavy atom. The fraction of sp³-hybridized carbons (Fsp3) is 0.154. The van der Waals surface area contributed by atoms with Crippen molar-refractivity contribution >= 4 is 40.2 Å². The van der Waals surface area contributed by atoms with Gasteiger partial charge in [-0.3, -0.25) is 9.59 Å². The monoisotopic (exact) mass is 441 g/mol. The molecule has 0 spiro atoms. The van der Waals surface area contributed by atoms with Crippen molar-refractivity contribution in [1.82, 2.24) is 10.3 Å². The van der Waals surface area contributed by atoms with E-state index in [-0.39, 0.29) is 17.7 Å². The predicted octanol–water partition coefficient (Wildman–Crippen LogP) is 5.16. The van der Waals surface area contributed by atoms with Crippen LogP contribution in [0.5, 0.6) is 0 Å². The largest absolute Gasteiger partial charge is 0.361 e. The highest BCUT2D eigenvalue weighted by Crippen LogP contribution is 2.32. The highest BCUT2D eigenvalue weighted by molar-refractivity contribution is 7.99. The molecule has 4 aromatic rings. The van der Waals surface area contributed by atoms with Crippen LogP contribution in [0.15, 0.2) is 83.9 Å². The van der Waals surface area contributed by atoms with Crippen molar-refractivity contribution in [1.29, 1.82) is 0 Å². The number of aromatic nitrogens is 1. The van der Waals surface area contributed by atoms with Crippen molar-refractivity contribution in [3.8, 4) is 0 Å². The van der Waals surface area contributed by atoms with Gasteiger partial charge in [0.1, 0.15) is 0 Å². The Hall–Kier alpha value is -3.51. The van der Waals surface area contributed by atoms with E-state index in [1.54, 1.807) is 17.8 Å². The summed E-state index contributed by atoms with van der Waals surface area (Å²) in [6.07, 6.45) is 2.51. The Kier molecular flexibility index (Phi) is 5.69. The Bertz CT molecular complexity index is 1280. The van der Waals surface area contributed by atoms with Gasteiger partial charge in [-0.05, 0) is 35.4 Å². The third-order valence-corrected chi connectivity index (χ3v) is 6.84. The molecule has 0 fully saturated rings. The summed E-state index contributed by atoms with van der Waals surface area (Å²) in [6.45, 7) is 0.461. The average Bonchev–Trinajstić information content (AvgIpc) is 3.15. The molecule has 160 valence electrons. The summed E-state index contributed by atoms with van der Waals surface area (Å²) in [5.41, 5.74) is 4.62. The molecule has 5 rings (SSSR count). The molecule has 0 unspecified atom stereocenters. The number of para-hydroxylation sites is 1. The molecule has 0 bridgehead atoms. The summed E-state index contributed by atoms with van der Waals surface area (Å²) < 4.78 is 0. The van der Waals surface area contributed by atoms with E-state index in [0.717, 1.165) is 32.7 Å². The number of H-pyrrole nitrogens is 1. The maximum atomic E-state index is 13.0. The number of benzene rings is 3. The lowest BCUT2D eigenvalue weighted by molar-refractivity contribution is -0.115. The third kappa shape index (κ3) is 4.14. The second kappa shape index (κ2) is 8.93. The van der Waals surface area contributed by atoms with E-state index < -0.39 is 0 Å². The topological polar surface area (TPSA) is 74.0 Å². The Morgan fingerprint density at radius 2 is 1.84 bits per heavy atom. The molecule has 3 aromatic carbocycles. The first-order valence-electron chi connectivity index (χ1n) is 10.6. The standard InChI is InChI=1S/C26H23N3O2S/c30-25-12-13-32-24-11-10-18(14-23(24)29-25)26(31)28-15-20(17-6-2-1-3-7-17)21-16-27-22-9-5-4-8-19(21)22/h1-11,14,16,20,27H,12-13,15H2,(H,28,31)(H,29,30)/t20-/m1/s1. The van der Waals surface area contributed by atoms with Crippen LogP contribution in [-0.4, -0.2) is 29.1 Å². The zero-order valence-electron chi connectivity index (χ0n) is 17.4. The van der Waals surface area contributed by atoms with E-state index in [1.807, 2.05) is 48.7 Å². The minimum atomic E-state index is -0.155. The molecule has 32 heavy (non-hydrogen) atoms. The van der Waals surface area contributed by atoms with Crippen LogP contribution in [0.3, 0.4) is 0 Å². The predicted molar refractivity (Wildman–Crippen MR) is 129 cm³/mol. The molecule has 1 atom stereocenters. The summed E-state index contributed by atoms with van der Waals surface area (Å²) >= 11 is 1.63. The zero-order chi connectivity index (χ0) is 21.9. The highest BCUT2D eigenvalue weighted by atomic mass is 32.2. The van der Waals surface area contributed by atoms with Crippen molar-refractivity contribution < 1.29 is 9.59 Å². The number of thioether (sulfide) groups is 1. The van der Waals surface area contributed by atoms with Gasteiger partial charge in [0, 0.05) is 52.2 Å². The summed E-state index contributed by atoms with van der Waals surface area (Å²) in [7, 11) is 0. The Labute approximate surface area is 190 Å². The smallest absolute Gasteiger partial charge is 0.251 e. The van der Waals surface area contributed by atoms with Gasteiger partial charge in [-0.15, -0.1) is 11.8 Å². The fourth-order valence-corrected chi connectivity index (χ4v) is 5.07. The lowest BCUT2D eigenvalue weighted by Crippen LogP contribution is -2.29. The molecule has 5 nitrogen and oxygen atoms in total. The van der Waals surface area contributed by atoms with E-state index in [0.29, 0.717) is 24.2 Å². The molecular formula is C26H23N3O2S. The molecule has 0 saturated carbocycles. The van der Waals surface area contributed by atoms with Crippen LogP contribution in [0.4, 0.5) is 5.69 Å². The van der Waals surface area contributed by atoms with Gasteiger partial charge < -0.3 is 15.6 Å². The number of carbonyl (C=O) groups is 2. The maximum Gasteiger partial charge on any atom is 0.251 e. The van der Waals surface area contributed by atoms with Crippen LogP contribution < -0.4 is 10.6 Å². The zero-order valence-corrected chi connectivity index (χ0v) is 18.2. The van der Waals surface area contributed by atoms with Gasteiger partial charge in [-0.2, -0.15) is 0 Å². The van der Waals surface area contributed by atoms with Gasteiger partial charge in [-0.1, -0.05) is 48.5 Å². The first-order valence-corrected chi connectivity index (χ1v) is 11.6. The van der Waals surface area contributed by atoms with Crippen molar-refractivity contribution in [3.05, 3.63) is 95.7 Å². The molecule has 0 saturated heterocycles. The van der Waals surface area contributed by atoms with E-state index >= 15 is 0 Å². The number of aromatic amines is 1. The number of nitrogens with one attached hydrogen (secondary N) is 3. The van der Waals surface area contributed by atoms with E-state index in [2.05, 4.69) is 39.9 Å². The number of amides is 2. The molecule has 2 amide bonds. The van der Waals surface area contributed by atoms with Gasteiger partial charge in [0.2, 0.25) is 5.91 Å². The molecule has 0 radical (unpaired) electrons. The van der Waals surface area contributed by atoms with Gasteiger partial charge in [0.05, 0.1) is 5.69 Å². The quantitative estimate of drug-likeness (QED) is 0.400. The van der Waals surface area contributed by atoms with Gasteiger partial charge in [0.15, 0.2) is 0 Å². The van der Waals surface area contributed by atoms with E-state index in [1.165, 1.54) is 0 Å². The minimum absolute atomic E-state index is 0.00684. The summed E-state index contributed by atoms with van der Waals surface area (Å²) in [6, 6.07) is 23.9. The lowest BCUT2D eigenvalue weighted by atomic mass is 9.91. The lowest BCUT2D eigenvalue weighted by Gasteiger charge is -2.18. The van der Waals surface area contributed by atoms with Gasteiger partial charge in [0.25, 0.3) is 5.91 Å². The number of hydrogen-bond acceptors (Lipinski definition) is 3. The summed E-state index contributed by atoms with van der Waals surface area (Å²) in [5, 5.41) is 7.17. The summed E-state index contributed by atoms with van der Waals surface area (Å²) in [4.78, 5) is 29.3. The van der Waals surface area contributed by atoms with Crippen LogP contribution in [0.25, 0.3) is 10.9 Å². The van der Waals surface area contributed by atoms with E-state index in [4.69, 9.17) is 0 Å². The summed E-state index contributed by atoms with van der Waals surface area (Å²) in [5.74, 6) is 0.579. The third-order valence-electron chi connectivity index (χ3n) is 5.77. The fourth-order valence-electron chi connectivity index (χ4n) is 4.13. The molecule has 6 heteroatoms.